The number of carbonyl (C=O) groups excluding carboxylic acids is 2. The summed E-state index contributed by atoms with van der Waals surface area (Å²) in [6, 6.07) is -0.266. The molecule has 8 nitrogen and oxygen atoms in total. The first-order valence-corrected chi connectivity index (χ1v) is 7.18. The largest absolute Gasteiger partial charge is 0.481 e. The summed E-state index contributed by atoms with van der Waals surface area (Å²) < 4.78 is 5.25. The number of hydrogen-bond donors (Lipinski definition) is 3. The Morgan fingerprint density at radius 2 is 1.91 bits per heavy atom. The number of carbonyl (C=O) groups is 3. The predicted octanol–water partition coefficient (Wildman–Crippen LogP) is 0.304. The van der Waals surface area contributed by atoms with Crippen LogP contribution < -0.4 is 11.1 Å². The second-order valence-electron chi connectivity index (χ2n) is 6.90. The fourth-order valence-corrected chi connectivity index (χ4v) is 2.56. The number of nitrogens with one attached hydrogen (secondary N) is 1. The SMILES string of the molecule is CC(CC(N)=O)NC1(CC(=O)O)CN(C(=O)OC(C)(C)C)C1. The van der Waals surface area contributed by atoms with Crippen LogP contribution in [0.25, 0.3) is 0 Å². The van der Waals surface area contributed by atoms with Crippen molar-refractivity contribution < 1.29 is 24.2 Å². The van der Waals surface area contributed by atoms with Gasteiger partial charge < -0.3 is 25.8 Å². The maximum absolute atomic E-state index is 11.9. The van der Waals surface area contributed by atoms with Gasteiger partial charge in [-0.3, -0.25) is 9.59 Å². The third-order valence-electron chi connectivity index (χ3n) is 3.19. The minimum atomic E-state index is -0.970. The first-order valence-electron chi connectivity index (χ1n) is 7.18. The Balaban J connectivity index is 2.65. The molecule has 126 valence electrons. The summed E-state index contributed by atoms with van der Waals surface area (Å²) in [5, 5.41) is 12.2. The molecule has 1 atom stereocenters. The van der Waals surface area contributed by atoms with Crippen molar-refractivity contribution in [1.82, 2.24) is 10.2 Å². The maximum Gasteiger partial charge on any atom is 0.410 e. The van der Waals surface area contributed by atoms with E-state index in [0.29, 0.717) is 0 Å². The van der Waals surface area contributed by atoms with E-state index >= 15 is 0 Å². The average molecular weight is 315 g/mol. The molecule has 22 heavy (non-hydrogen) atoms. The molecule has 0 aromatic heterocycles. The molecule has 4 N–H and O–H groups in total. The van der Waals surface area contributed by atoms with Crippen molar-refractivity contribution in [2.45, 2.75) is 57.7 Å². The summed E-state index contributed by atoms with van der Waals surface area (Å²) >= 11 is 0. The lowest BCUT2D eigenvalue weighted by atomic mass is 9.85. The summed E-state index contributed by atoms with van der Waals surface area (Å²) in [4.78, 5) is 35.4. The van der Waals surface area contributed by atoms with Crippen molar-refractivity contribution in [1.29, 1.82) is 0 Å². The standard InChI is InChI=1S/C14H25N3O5/c1-9(5-10(15)18)16-14(6-11(19)20)7-17(8-14)12(21)22-13(2,3)4/h9,16H,5-8H2,1-4H3,(H2,15,18)(H,19,20). The molecule has 0 aromatic carbocycles. The molecular weight excluding hydrogens is 290 g/mol. The lowest BCUT2D eigenvalue weighted by Crippen LogP contribution is -2.72. The Kier molecular flexibility index (Phi) is 5.39. The quantitative estimate of drug-likeness (QED) is 0.648. The topological polar surface area (TPSA) is 122 Å². The van der Waals surface area contributed by atoms with Crippen LogP contribution >= 0.6 is 0 Å². The summed E-state index contributed by atoms with van der Waals surface area (Å²) in [5.41, 5.74) is 3.78. The summed E-state index contributed by atoms with van der Waals surface area (Å²) in [6.07, 6.45) is -0.513. The lowest BCUT2D eigenvalue weighted by Gasteiger charge is -2.50. The molecule has 1 unspecified atom stereocenters. The zero-order valence-corrected chi connectivity index (χ0v) is 13.5. The number of ether oxygens (including phenoxy) is 1. The highest BCUT2D eigenvalue weighted by Crippen LogP contribution is 2.27. The average Bonchev–Trinajstić information content (AvgIpc) is 2.19. The van der Waals surface area contributed by atoms with Gasteiger partial charge in [-0.05, 0) is 27.7 Å². The third-order valence-corrected chi connectivity index (χ3v) is 3.19. The van der Waals surface area contributed by atoms with Gasteiger partial charge in [-0.2, -0.15) is 0 Å². The van der Waals surface area contributed by atoms with Gasteiger partial charge in [0.2, 0.25) is 5.91 Å². The molecule has 1 aliphatic rings. The molecule has 0 aromatic rings. The van der Waals surface area contributed by atoms with E-state index in [1.807, 2.05) is 0 Å². The van der Waals surface area contributed by atoms with E-state index in [4.69, 9.17) is 15.6 Å². The number of carboxylic acids is 1. The van der Waals surface area contributed by atoms with Gasteiger partial charge in [0.25, 0.3) is 0 Å². The molecule has 0 spiro atoms. The number of nitrogens with two attached hydrogens (primary N) is 1. The van der Waals surface area contributed by atoms with E-state index in [-0.39, 0.29) is 32.0 Å². The Hall–Kier alpha value is -1.83. The number of primary amides is 1. The number of aliphatic carboxylic acids is 1. The van der Waals surface area contributed by atoms with Crippen molar-refractivity contribution in [3.63, 3.8) is 0 Å². The second-order valence-corrected chi connectivity index (χ2v) is 6.90. The number of hydrogen-bond acceptors (Lipinski definition) is 5. The van der Waals surface area contributed by atoms with Crippen molar-refractivity contribution in [3.05, 3.63) is 0 Å². The van der Waals surface area contributed by atoms with Crippen molar-refractivity contribution in [3.8, 4) is 0 Å². The fourth-order valence-electron chi connectivity index (χ4n) is 2.56. The number of likely N-dealkylation sites (tertiary alicyclic amines) is 1. The van der Waals surface area contributed by atoms with Crippen LogP contribution in [0.4, 0.5) is 4.79 Å². The highest BCUT2D eigenvalue weighted by Gasteiger charge is 2.48. The van der Waals surface area contributed by atoms with Gasteiger partial charge in [0.05, 0.1) is 12.0 Å². The van der Waals surface area contributed by atoms with Crippen LogP contribution in [0.15, 0.2) is 0 Å². The fraction of sp³-hybridized carbons (Fsp3) is 0.786. The van der Waals surface area contributed by atoms with E-state index in [1.165, 1.54) is 4.90 Å². The molecule has 1 saturated heterocycles. The Morgan fingerprint density at radius 3 is 2.32 bits per heavy atom. The Bertz CT molecular complexity index is 452. The van der Waals surface area contributed by atoms with Crippen molar-refractivity contribution in [2.24, 2.45) is 5.73 Å². The van der Waals surface area contributed by atoms with E-state index in [0.717, 1.165) is 0 Å². The summed E-state index contributed by atoms with van der Waals surface area (Å²) in [7, 11) is 0. The summed E-state index contributed by atoms with van der Waals surface area (Å²) in [5.74, 6) is -1.43. The van der Waals surface area contributed by atoms with Gasteiger partial charge in [0, 0.05) is 25.6 Å². The van der Waals surface area contributed by atoms with Crippen LogP contribution in [0.2, 0.25) is 0 Å². The molecule has 0 saturated carbocycles. The van der Waals surface area contributed by atoms with Gasteiger partial charge in [-0.1, -0.05) is 0 Å². The van der Waals surface area contributed by atoms with Crippen LogP contribution in [-0.4, -0.2) is 58.2 Å². The van der Waals surface area contributed by atoms with E-state index in [2.05, 4.69) is 5.32 Å². The molecule has 0 aliphatic carbocycles. The molecule has 1 rings (SSSR count). The smallest absolute Gasteiger partial charge is 0.410 e. The Morgan fingerprint density at radius 1 is 1.36 bits per heavy atom. The molecule has 1 fully saturated rings. The zero-order valence-electron chi connectivity index (χ0n) is 13.5. The van der Waals surface area contributed by atoms with E-state index < -0.39 is 29.1 Å². The first kappa shape index (κ1) is 18.2. The van der Waals surface area contributed by atoms with Crippen molar-refractivity contribution in [2.75, 3.05) is 13.1 Å². The number of amides is 2. The van der Waals surface area contributed by atoms with E-state index in [1.54, 1.807) is 27.7 Å². The number of nitrogens with zero attached hydrogens (tertiary/aromatic N) is 1. The molecule has 0 bridgehead atoms. The minimum absolute atomic E-state index is 0.105. The van der Waals surface area contributed by atoms with Crippen LogP contribution in [0, 0.1) is 0 Å². The molecule has 1 heterocycles. The van der Waals surface area contributed by atoms with Crippen molar-refractivity contribution >= 4 is 18.0 Å². The predicted molar refractivity (Wildman–Crippen MR) is 79.2 cm³/mol. The number of rotatable bonds is 6. The molecular formula is C14H25N3O5. The molecule has 8 heteroatoms. The monoisotopic (exact) mass is 315 g/mol. The van der Waals surface area contributed by atoms with Gasteiger partial charge in [0.1, 0.15) is 5.60 Å². The van der Waals surface area contributed by atoms with Gasteiger partial charge in [0.15, 0.2) is 0 Å². The zero-order chi connectivity index (χ0) is 17.1. The van der Waals surface area contributed by atoms with E-state index in [9.17, 15) is 14.4 Å². The Labute approximate surface area is 130 Å². The van der Waals surface area contributed by atoms with Gasteiger partial charge >= 0.3 is 12.1 Å². The minimum Gasteiger partial charge on any atom is -0.481 e. The van der Waals surface area contributed by atoms with Crippen LogP contribution in [0.1, 0.15) is 40.5 Å². The normalized spacial score (nSPS) is 18.3. The first-order chi connectivity index (χ1) is 9.92. The van der Waals surface area contributed by atoms with Crippen LogP contribution in [0.5, 0.6) is 0 Å². The molecule has 0 radical (unpaired) electrons. The van der Waals surface area contributed by atoms with Gasteiger partial charge in [-0.15, -0.1) is 0 Å². The maximum atomic E-state index is 11.9. The molecule has 1 aliphatic heterocycles. The number of carboxylic acid groups (broad SMARTS) is 1. The lowest BCUT2D eigenvalue weighted by molar-refractivity contribution is -0.141. The third kappa shape index (κ3) is 5.51. The summed E-state index contributed by atoms with van der Waals surface area (Å²) in [6.45, 7) is 7.49. The highest BCUT2D eigenvalue weighted by atomic mass is 16.6. The molecule has 2 amide bonds. The second kappa shape index (κ2) is 6.51. The van der Waals surface area contributed by atoms with Gasteiger partial charge in [-0.25, -0.2) is 4.79 Å². The highest BCUT2D eigenvalue weighted by molar-refractivity contribution is 5.75. The van der Waals surface area contributed by atoms with Crippen LogP contribution in [0.3, 0.4) is 0 Å². The van der Waals surface area contributed by atoms with Crippen LogP contribution in [-0.2, 0) is 14.3 Å².